The summed E-state index contributed by atoms with van der Waals surface area (Å²) in [6.07, 6.45) is 6.40. The minimum Gasteiger partial charge on any atom is -0.322 e. The average Bonchev–Trinajstić information content (AvgIpc) is 2.98. The Morgan fingerprint density at radius 3 is 2.67 bits per heavy atom. The summed E-state index contributed by atoms with van der Waals surface area (Å²) in [5.74, 6) is 0.294. The fourth-order valence-electron chi connectivity index (χ4n) is 3.63. The van der Waals surface area contributed by atoms with Crippen LogP contribution in [0.1, 0.15) is 55.8 Å². The first kappa shape index (κ1) is 16.7. The standard InChI is InChI=1S/C20H27N3O/c1-4-17-19(21-20(24)15-8-6-5-7-9-15)18(23-22-17)16-11-10-13(2)12-14(16)3/h10-12,15H,4-9H2,1-3H3,(H,21,24)(H,22,23). The number of hydrogen-bond donors (Lipinski definition) is 2. The van der Waals surface area contributed by atoms with Crippen LogP contribution >= 0.6 is 0 Å². The van der Waals surface area contributed by atoms with E-state index in [4.69, 9.17) is 0 Å². The molecule has 0 spiro atoms. The van der Waals surface area contributed by atoms with Crippen LogP contribution in [-0.4, -0.2) is 16.1 Å². The van der Waals surface area contributed by atoms with Gasteiger partial charge < -0.3 is 5.32 Å². The van der Waals surface area contributed by atoms with E-state index in [9.17, 15) is 4.79 Å². The van der Waals surface area contributed by atoms with E-state index in [1.165, 1.54) is 17.5 Å². The second-order valence-electron chi connectivity index (χ2n) is 6.92. The smallest absolute Gasteiger partial charge is 0.227 e. The van der Waals surface area contributed by atoms with Gasteiger partial charge in [0, 0.05) is 11.5 Å². The number of anilines is 1. The molecule has 4 nitrogen and oxygen atoms in total. The third-order valence-corrected chi connectivity index (χ3v) is 5.06. The molecule has 0 aliphatic heterocycles. The van der Waals surface area contributed by atoms with Gasteiger partial charge in [0.1, 0.15) is 5.69 Å². The van der Waals surface area contributed by atoms with Gasteiger partial charge in [0.25, 0.3) is 0 Å². The van der Waals surface area contributed by atoms with Crippen molar-refractivity contribution in [2.45, 2.75) is 59.3 Å². The summed E-state index contributed by atoms with van der Waals surface area (Å²) < 4.78 is 0. The van der Waals surface area contributed by atoms with Gasteiger partial charge in [-0.2, -0.15) is 5.10 Å². The highest BCUT2D eigenvalue weighted by molar-refractivity contribution is 5.97. The SMILES string of the molecule is CCc1[nH]nc(-c2ccc(C)cc2C)c1NC(=O)C1CCCCC1. The first-order chi connectivity index (χ1) is 11.6. The van der Waals surface area contributed by atoms with Gasteiger partial charge in [0.15, 0.2) is 0 Å². The molecule has 1 amide bonds. The first-order valence-electron chi connectivity index (χ1n) is 9.06. The Morgan fingerprint density at radius 1 is 1.25 bits per heavy atom. The molecule has 2 N–H and O–H groups in total. The van der Waals surface area contributed by atoms with Crippen LogP contribution in [-0.2, 0) is 11.2 Å². The van der Waals surface area contributed by atoms with Crippen LogP contribution in [0.2, 0.25) is 0 Å². The van der Waals surface area contributed by atoms with Crippen molar-refractivity contribution in [2.75, 3.05) is 5.32 Å². The van der Waals surface area contributed by atoms with E-state index in [2.05, 4.69) is 54.5 Å². The van der Waals surface area contributed by atoms with Gasteiger partial charge in [-0.05, 0) is 38.7 Å². The predicted molar refractivity (Wildman–Crippen MR) is 98.1 cm³/mol. The molecule has 24 heavy (non-hydrogen) atoms. The minimum absolute atomic E-state index is 0.144. The number of nitrogens with one attached hydrogen (secondary N) is 2. The molecule has 1 saturated carbocycles. The zero-order valence-electron chi connectivity index (χ0n) is 14.9. The topological polar surface area (TPSA) is 57.8 Å². The number of aryl methyl sites for hydroxylation is 3. The van der Waals surface area contributed by atoms with E-state index in [1.54, 1.807) is 0 Å². The molecule has 1 fully saturated rings. The number of amides is 1. The van der Waals surface area contributed by atoms with Crippen LogP contribution in [0.3, 0.4) is 0 Å². The van der Waals surface area contributed by atoms with Crippen molar-refractivity contribution in [3.8, 4) is 11.3 Å². The second kappa shape index (κ2) is 7.20. The molecule has 4 heteroatoms. The summed E-state index contributed by atoms with van der Waals surface area (Å²) in [5.41, 5.74) is 6.20. The molecule has 1 aromatic carbocycles. The number of hydrogen-bond acceptors (Lipinski definition) is 2. The van der Waals surface area contributed by atoms with Gasteiger partial charge in [-0.25, -0.2) is 0 Å². The van der Waals surface area contributed by atoms with Gasteiger partial charge in [0.05, 0.1) is 11.4 Å². The molecule has 2 aromatic rings. The minimum atomic E-state index is 0.144. The molecular formula is C20H27N3O. The van der Waals surface area contributed by atoms with Crippen molar-refractivity contribution in [3.63, 3.8) is 0 Å². The van der Waals surface area contributed by atoms with E-state index >= 15 is 0 Å². The highest BCUT2D eigenvalue weighted by Crippen LogP contribution is 2.33. The Morgan fingerprint density at radius 2 is 2.00 bits per heavy atom. The Labute approximate surface area is 144 Å². The van der Waals surface area contributed by atoms with Gasteiger partial charge in [0.2, 0.25) is 5.91 Å². The largest absolute Gasteiger partial charge is 0.322 e. The third-order valence-electron chi connectivity index (χ3n) is 5.06. The van der Waals surface area contributed by atoms with Gasteiger partial charge in [-0.15, -0.1) is 0 Å². The number of H-pyrrole nitrogens is 1. The Bertz CT molecular complexity index is 726. The van der Waals surface area contributed by atoms with Crippen LogP contribution in [0.15, 0.2) is 18.2 Å². The van der Waals surface area contributed by atoms with Crippen LogP contribution in [0.4, 0.5) is 5.69 Å². The monoisotopic (exact) mass is 325 g/mol. The number of benzene rings is 1. The molecule has 1 aliphatic carbocycles. The van der Waals surface area contributed by atoms with E-state index in [-0.39, 0.29) is 11.8 Å². The molecule has 0 bridgehead atoms. The molecule has 0 radical (unpaired) electrons. The molecule has 3 rings (SSSR count). The predicted octanol–water partition coefficient (Wildman–Crippen LogP) is 4.77. The maximum atomic E-state index is 12.7. The summed E-state index contributed by atoms with van der Waals surface area (Å²) in [4.78, 5) is 12.7. The highest BCUT2D eigenvalue weighted by atomic mass is 16.1. The van der Waals surface area contributed by atoms with E-state index in [0.717, 1.165) is 54.7 Å². The maximum Gasteiger partial charge on any atom is 0.227 e. The number of rotatable bonds is 4. The van der Waals surface area contributed by atoms with Crippen LogP contribution in [0.5, 0.6) is 0 Å². The Kier molecular flexibility index (Phi) is 5.03. The molecule has 0 atom stereocenters. The van der Waals surface area contributed by atoms with Crippen LogP contribution in [0, 0.1) is 19.8 Å². The van der Waals surface area contributed by atoms with Crippen molar-refractivity contribution in [3.05, 3.63) is 35.0 Å². The normalized spacial score (nSPS) is 15.5. The lowest BCUT2D eigenvalue weighted by molar-refractivity contribution is -0.120. The summed E-state index contributed by atoms with van der Waals surface area (Å²) in [7, 11) is 0. The number of aromatic nitrogens is 2. The van der Waals surface area contributed by atoms with Crippen molar-refractivity contribution in [1.29, 1.82) is 0 Å². The number of carbonyl (C=O) groups excluding carboxylic acids is 1. The van der Waals surface area contributed by atoms with Crippen molar-refractivity contribution in [2.24, 2.45) is 5.92 Å². The van der Waals surface area contributed by atoms with Crippen molar-refractivity contribution < 1.29 is 4.79 Å². The third kappa shape index (κ3) is 3.37. The molecule has 128 valence electrons. The molecule has 0 unspecified atom stereocenters. The van der Waals surface area contributed by atoms with E-state index in [1.807, 2.05) is 0 Å². The highest BCUT2D eigenvalue weighted by Gasteiger charge is 2.24. The molecule has 1 heterocycles. The van der Waals surface area contributed by atoms with Crippen LogP contribution in [0.25, 0.3) is 11.3 Å². The quantitative estimate of drug-likeness (QED) is 0.850. The van der Waals surface area contributed by atoms with E-state index in [0.29, 0.717) is 0 Å². The lowest BCUT2D eigenvalue weighted by Crippen LogP contribution is -2.25. The Hall–Kier alpha value is -2.10. The average molecular weight is 325 g/mol. The Balaban J connectivity index is 1.91. The molecular weight excluding hydrogens is 298 g/mol. The van der Waals surface area contributed by atoms with Gasteiger partial charge >= 0.3 is 0 Å². The summed E-state index contributed by atoms with van der Waals surface area (Å²) in [6.45, 7) is 6.26. The fourth-order valence-corrected chi connectivity index (χ4v) is 3.63. The van der Waals surface area contributed by atoms with Crippen LogP contribution < -0.4 is 5.32 Å². The molecule has 1 aliphatic rings. The van der Waals surface area contributed by atoms with Gasteiger partial charge in [-0.3, -0.25) is 9.89 Å². The number of aromatic amines is 1. The number of nitrogens with zero attached hydrogens (tertiary/aromatic N) is 1. The number of carbonyl (C=O) groups is 1. The summed E-state index contributed by atoms with van der Waals surface area (Å²) >= 11 is 0. The zero-order chi connectivity index (χ0) is 17.1. The lowest BCUT2D eigenvalue weighted by atomic mass is 9.88. The second-order valence-corrected chi connectivity index (χ2v) is 6.92. The van der Waals surface area contributed by atoms with E-state index < -0.39 is 0 Å². The van der Waals surface area contributed by atoms with Gasteiger partial charge in [-0.1, -0.05) is 49.9 Å². The summed E-state index contributed by atoms with van der Waals surface area (Å²) in [5, 5.41) is 10.8. The van der Waals surface area contributed by atoms with Crippen molar-refractivity contribution in [1.82, 2.24) is 10.2 Å². The molecule has 1 aromatic heterocycles. The summed E-state index contributed by atoms with van der Waals surface area (Å²) in [6, 6.07) is 6.34. The maximum absolute atomic E-state index is 12.7. The first-order valence-corrected chi connectivity index (χ1v) is 9.06. The lowest BCUT2D eigenvalue weighted by Gasteiger charge is -2.21. The van der Waals surface area contributed by atoms with Crippen molar-refractivity contribution >= 4 is 11.6 Å². The molecule has 0 saturated heterocycles. The fraction of sp³-hybridized carbons (Fsp3) is 0.500. The zero-order valence-corrected chi connectivity index (χ0v) is 14.9.